The van der Waals surface area contributed by atoms with Gasteiger partial charge in [-0.2, -0.15) is 11.8 Å². The summed E-state index contributed by atoms with van der Waals surface area (Å²) >= 11 is 1.34. The number of carbonyl (C=O) groups is 23. The number of hydrogen-bond donors (Lipinski definition) is 25. The molecule has 0 saturated carbocycles. The quantitative estimate of drug-likeness (QED) is 0.0195. The number of imidazole rings is 1. The zero-order valence-electron chi connectivity index (χ0n) is 82.9. The summed E-state index contributed by atoms with van der Waals surface area (Å²) in [7, 11) is 0. The summed E-state index contributed by atoms with van der Waals surface area (Å²) in [4.78, 5) is 327. The zero-order chi connectivity index (χ0) is 110. The highest BCUT2D eigenvalue weighted by Crippen LogP contribution is 2.31. The smallest absolute Gasteiger partial charge is 0.326 e. The number of benzene rings is 3. The Morgan fingerprint density at radius 3 is 1.22 bits per heavy atom. The summed E-state index contributed by atoms with van der Waals surface area (Å²) in [6.45, 7) is 7.90. The van der Waals surface area contributed by atoms with Gasteiger partial charge in [-0.1, -0.05) is 64.1 Å². The molecular weight excluding hydrogens is 1960 g/mol. The number of likely N-dealkylation sites (tertiary alicyclic amines) is 3. The first kappa shape index (κ1) is 119. The molecule has 52 nitrogen and oxygen atoms in total. The van der Waals surface area contributed by atoms with Gasteiger partial charge in [0.2, 0.25) is 124 Å². The number of aliphatic carboxylic acids is 2. The monoisotopic (exact) mass is 2090 g/mol. The molecule has 808 valence electrons. The first-order chi connectivity index (χ1) is 69.9. The third kappa shape index (κ3) is 38.4. The van der Waals surface area contributed by atoms with E-state index in [1.165, 1.54) is 94.7 Å². The number of thioether (sulfide) groups is 1. The van der Waals surface area contributed by atoms with Gasteiger partial charge in [0.1, 0.15) is 114 Å². The highest BCUT2D eigenvalue weighted by atomic mass is 32.2. The van der Waals surface area contributed by atoms with Gasteiger partial charge in [0, 0.05) is 63.6 Å². The number of H-pyrrole nitrogens is 1. The number of primary amides is 4. The number of phenolic OH excluding ortho intramolecular Hbond substituents is 3. The zero-order valence-corrected chi connectivity index (χ0v) is 83.8. The number of nitrogens with zero attached hydrogens (tertiary/aromatic N) is 4. The lowest BCUT2D eigenvalue weighted by Crippen LogP contribution is -2.61. The number of phenols is 3. The molecule has 17 atom stereocenters. The lowest BCUT2D eigenvalue weighted by molar-refractivity contribution is -0.151. The predicted octanol–water partition coefficient (Wildman–Crippen LogP) is -6.76. The summed E-state index contributed by atoms with van der Waals surface area (Å²) in [6, 6.07) is -9.61. The predicted molar refractivity (Wildman–Crippen MR) is 526 cm³/mol. The van der Waals surface area contributed by atoms with Crippen LogP contribution in [0.15, 0.2) is 85.3 Å². The maximum absolute atomic E-state index is 15.1. The summed E-state index contributed by atoms with van der Waals surface area (Å²) in [5.74, 6) is -24.8. The molecular formula is C95H134N24O28S. The van der Waals surface area contributed by atoms with Crippen molar-refractivity contribution in [3.8, 4) is 17.2 Å². The molecule has 0 unspecified atom stereocenters. The number of amides is 21. The van der Waals surface area contributed by atoms with E-state index in [9.17, 15) is 121 Å². The fourth-order valence-electron chi connectivity index (χ4n) is 16.7. The number of aromatic hydroxyl groups is 3. The van der Waals surface area contributed by atoms with Crippen molar-refractivity contribution in [1.82, 2.24) is 99.1 Å². The fraction of sp³-hybridized carbons (Fsp3) is 0.537. The molecule has 3 saturated heterocycles. The van der Waals surface area contributed by atoms with E-state index in [-0.39, 0.29) is 126 Å². The van der Waals surface area contributed by atoms with Crippen molar-refractivity contribution in [3.05, 3.63) is 108 Å². The standard InChI is InChI=1S/C95H134N24O28S/c1-47(2)35-62(111-88(139)64(39-53-18-24-57(122)25-19-53)112-83(134)59(26-28-73(97)123)107-85(136)61(30-34-148-7)106-81(132)58(96)37-51-14-20-55(120)21-15-51)87(138)115-68(42-76(100)126)92(143)118-32-9-12-71(118)94(145)119-33-10-13-72(119)93(144)117-31-8-11-70(117)91(142)114-63(38-52-16-22-56(121)23-17-52)86(137)105-50(6)80(131)110-67(43-78(128)129)90(141)113-65(40-54-44-101-46-103-54)82(133)102-45-77(127)104-49(5)79(130)109-66(41-75(99)125)89(140)108-60(27-29-74(98)124)84(135)116-69(95(146)147)36-48(3)4/h14-25,44,46-50,58-72,120-122H,8-13,26-43,45,96H2,1-7H3,(H2,97,123)(H2,98,124)(H2,99,125)(H2,100,126)(H,101,103)(H,102,133)(H,104,127)(H,105,137)(H,106,132)(H,107,136)(H,108,140)(H,109,130)(H,110,131)(H,111,139)(H,112,134)(H,113,141)(H,114,142)(H,115,138)(H,116,135)(H,128,129)(H,146,147)/t49-,50-,58-,59-,60-,61-,62-,63-,64-,65-,66-,67-,68-,69-,70-,71-,72-/m0/s1. The maximum atomic E-state index is 15.1. The molecule has 3 aliphatic rings. The summed E-state index contributed by atoms with van der Waals surface area (Å²) < 4.78 is 0. The molecule has 7 rings (SSSR count). The van der Waals surface area contributed by atoms with Crippen LogP contribution in [0, 0.1) is 11.8 Å². The summed E-state index contributed by atoms with van der Waals surface area (Å²) in [6.07, 6.45) is -0.969. The Kier molecular flexibility index (Phi) is 46.7. The van der Waals surface area contributed by atoms with E-state index in [4.69, 9.17) is 28.7 Å². The van der Waals surface area contributed by atoms with Gasteiger partial charge in [0.25, 0.3) is 0 Å². The molecule has 3 fully saturated rings. The Morgan fingerprint density at radius 2 is 0.757 bits per heavy atom. The Hall–Kier alpha value is -15.6. The second-order valence-electron chi connectivity index (χ2n) is 37.3. The Balaban J connectivity index is 1.00. The van der Waals surface area contributed by atoms with Gasteiger partial charge in [-0.3, -0.25) is 105 Å². The van der Waals surface area contributed by atoms with E-state index in [1.54, 1.807) is 46.1 Å². The number of aromatic amines is 1. The first-order valence-corrected chi connectivity index (χ1v) is 49.5. The van der Waals surface area contributed by atoms with Crippen molar-refractivity contribution in [1.29, 1.82) is 0 Å². The van der Waals surface area contributed by atoms with Crippen LogP contribution in [0.5, 0.6) is 17.2 Å². The number of nitrogens with two attached hydrogens (primary N) is 5. The van der Waals surface area contributed by atoms with Crippen LogP contribution in [-0.4, -0.2) is 327 Å². The van der Waals surface area contributed by atoms with Gasteiger partial charge < -0.3 is 148 Å². The van der Waals surface area contributed by atoms with Crippen LogP contribution in [0.2, 0.25) is 0 Å². The second-order valence-corrected chi connectivity index (χ2v) is 38.3. The topological polar surface area (TPSA) is 831 Å². The molecule has 3 aliphatic heterocycles. The number of hydrogen-bond acceptors (Lipinski definition) is 29. The SMILES string of the molecule is CSCC[C@H](NC(=O)[C@@H](N)Cc1ccc(O)cc1)C(=O)N[C@@H](CCC(N)=O)C(=O)N[C@@H](Cc1ccc(O)cc1)C(=O)N[C@@H](CC(C)C)C(=O)N[C@@H](CC(N)=O)C(=O)N1CCC[C@H]1C(=O)N1CCC[C@H]1C(=O)N1CCC[C@H]1C(=O)N[C@@H](Cc1ccc(O)cc1)C(=O)N[C@@H](C)C(=O)N[C@@H](CC(=O)O)C(=O)N[C@@H](Cc1cnc[nH]1)C(=O)NCC(=O)N[C@@H](C)C(=O)N[C@@H](CC(N)=O)C(=O)N[C@@H](CCC(N)=O)C(=O)N[C@@H](CC(C)C)C(=O)O. The van der Waals surface area contributed by atoms with Crippen LogP contribution < -0.4 is 103 Å². The van der Waals surface area contributed by atoms with Gasteiger partial charge in [0.15, 0.2) is 0 Å². The lowest BCUT2D eigenvalue weighted by Gasteiger charge is -2.35. The van der Waals surface area contributed by atoms with Crippen molar-refractivity contribution < 1.29 is 136 Å². The van der Waals surface area contributed by atoms with E-state index in [2.05, 4.69) is 84.4 Å². The van der Waals surface area contributed by atoms with E-state index in [0.717, 1.165) is 18.7 Å². The average Bonchev–Trinajstić information content (AvgIpc) is 1.63. The van der Waals surface area contributed by atoms with E-state index >= 15 is 14.4 Å². The fourth-order valence-corrected chi connectivity index (χ4v) is 17.2. The van der Waals surface area contributed by atoms with Gasteiger partial charge in [0.05, 0.1) is 38.2 Å². The summed E-state index contributed by atoms with van der Waals surface area (Å²) in [5, 5.41) is 83.9. The van der Waals surface area contributed by atoms with E-state index in [0.29, 0.717) is 22.4 Å². The molecule has 0 aliphatic carbocycles. The van der Waals surface area contributed by atoms with Crippen molar-refractivity contribution >= 4 is 148 Å². The molecule has 148 heavy (non-hydrogen) atoms. The Morgan fingerprint density at radius 1 is 0.392 bits per heavy atom. The van der Waals surface area contributed by atoms with Gasteiger partial charge in [-0.25, -0.2) is 9.78 Å². The minimum Gasteiger partial charge on any atom is -0.508 e. The van der Waals surface area contributed by atoms with Crippen molar-refractivity contribution in [3.63, 3.8) is 0 Å². The summed E-state index contributed by atoms with van der Waals surface area (Å²) in [5.41, 5.74) is 29.7. The molecule has 0 radical (unpaired) electrons. The minimum atomic E-state index is -2.03. The molecule has 53 heteroatoms. The molecule has 4 aromatic rings. The number of carbonyl (C=O) groups excluding carboxylic acids is 21. The second kappa shape index (κ2) is 57.9. The molecule has 0 bridgehead atoms. The third-order valence-corrected chi connectivity index (χ3v) is 25.0. The van der Waals surface area contributed by atoms with Crippen LogP contribution in [-0.2, 0) is 136 Å². The van der Waals surface area contributed by atoms with Gasteiger partial charge in [-0.15, -0.1) is 0 Å². The van der Waals surface area contributed by atoms with E-state index in [1.807, 2.05) is 0 Å². The molecule has 3 aromatic carbocycles. The maximum Gasteiger partial charge on any atom is 0.326 e. The van der Waals surface area contributed by atoms with Crippen LogP contribution in [0.3, 0.4) is 0 Å². The van der Waals surface area contributed by atoms with E-state index < -0.39 is 303 Å². The minimum absolute atomic E-state index is 0.0101. The molecule has 1 aromatic heterocycles. The molecule has 21 amide bonds. The highest BCUT2D eigenvalue weighted by molar-refractivity contribution is 7.98. The Labute approximate surface area is 855 Å². The van der Waals surface area contributed by atoms with Gasteiger partial charge in [-0.05, 0) is 168 Å². The van der Waals surface area contributed by atoms with Crippen LogP contribution >= 0.6 is 11.8 Å². The van der Waals surface area contributed by atoms with Crippen LogP contribution in [0.1, 0.15) is 167 Å². The lowest BCUT2D eigenvalue weighted by atomic mass is 10.00. The number of carboxylic acids is 2. The molecule has 30 N–H and O–H groups in total. The van der Waals surface area contributed by atoms with Crippen LogP contribution in [0.25, 0.3) is 0 Å². The third-order valence-electron chi connectivity index (χ3n) is 24.4. The molecule has 0 spiro atoms. The average molecular weight is 2090 g/mol. The molecule has 4 heterocycles. The number of aromatic nitrogens is 2. The Bertz CT molecular complexity index is 5410. The highest BCUT2D eigenvalue weighted by Gasteiger charge is 2.49. The van der Waals surface area contributed by atoms with Crippen molar-refractivity contribution in [2.75, 3.05) is 38.2 Å². The number of rotatable bonds is 59. The first-order valence-electron chi connectivity index (χ1n) is 48.2. The van der Waals surface area contributed by atoms with Crippen molar-refractivity contribution in [2.45, 2.75) is 273 Å². The van der Waals surface area contributed by atoms with Gasteiger partial charge >= 0.3 is 11.9 Å². The van der Waals surface area contributed by atoms with Crippen molar-refractivity contribution in [2.24, 2.45) is 40.5 Å². The number of carboxylic acid groups (broad SMARTS) is 2. The van der Waals surface area contributed by atoms with Crippen LogP contribution in [0.4, 0.5) is 0 Å². The normalized spacial score (nSPS) is 17.1. The number of nitrogens with one attached hydrogen (secondary N) is 15. The largest absolute Gasteiger partial charge is 0.508 e.